The Labute approximate surface area is 128 Å². The van der Waals surface area contributed by atoms with E-state index in [9.17, 15) is 9.59 Å². The lowest BCUT2D eigenvalue weighted by molar-refractivity contribution is 0.0599. The Hall–Kier alpha value is -2.82. The van der Waals surface area contributed by atoms with Crippen molar-refractivity contribution in [1.82, 2.24) is 0 Å². The van der Waals surface area contributed by atoms with Crippen LogP contribution in [0.25, 0.3) is 0 Å². The summed E-state index contributed by atoms with van der Waals surface area (Å²) in [5, 5.41) is 2.79. The van der Waals surface area contributed by atoms with Crippen LogP contribution in [-0.2, 0) is 4.74 Å². The van der Waals surface area contributed by atoms with E-state index in [0.29, 0.717) is 28.1 Å². The third kappa shape index (κ3) is 3.09. The van der Waals surface area contributed by atoms with Crippen LogP contribution in [0, 0.1) is 6.92 Å². The molecule has 2 rings (SSSR count). The molecule has 114 valence electrons. The number of benzene rings is 2. The third-order valence-electron chi connectivity index (χ3n) is 3.34. The Morgan fingerprint density at radius 2 is 1.64 bits per heavy atom. The molecule has 0 aliphatic carbocycles. The number of amides is 1. The van der Waals surface area contributed by atoms with Gasteiger partial charge in [0.2, 0.25) is 0 Å². The summed E-state index contributed by atoms with van der Waals surface area (Å²) in [6.45, 7) is 1.75. The molecule has 0 atom stereocenters. The fourth-order valence-corrected chi connectivity index (χ4v) is 2.12. The predicted octanol–water partition coefficient (Wildman–Crippen LogP) is 3.04. The van der Waals surface area contributed by atoms with E-state index >= 15 is 0 Å². The van der Waals surface area contributed by atoms with E-state index in [1.54, 1.807) is 49.4 Å². The van der Waals surface area contributed by atoms with Crippen LogP contribution in [0.1, 0.15) is 26.3 Å². The number of hydrogen-bond donors (Lipinski definition) is 1. The van der Waals surface area contributed by atoms with Crippen molar-refractivity contribution in [2.45, 2.75) is 6.92 Å². The fraction of sp³-hybridized carbons (Fsp3) is 0.176. The number of ether oxygens (including phenoxy) is 2. The molecular weight excluding hydrogens is 282 g/mol. The molecule has 2 aromatic rings. The van der Waals surface area contributed by atoms with Gasteiger partial charge in [0.1, 0.15) is 5.75 Å². The Bertz CT molecular complexity index is 710. The highest BCUT2D eigenvalue weighted by Gasteiger charge is 2.16. The second-order valence-electron chi connectivity index (χ2n) is 4.62. The average Bonchev–Trinajstić information content (AvgIpc) is 2.55. The van der Waals surface area contributed by atoms with Gasteiger partial charge in [-0.2, -0.15) is 0 Å². The zero-order chi connectivity index (χ0) is 16.1. The van der Waals surface area contributed by atoms with Crippen molar-refractivity contribution in [3.8, 4) is 5.75 Å². The molecule has 5 nitrogen and oxygen atoms in total. The summed E-state index contributed by atoms with van der Waals surface area (Å²) in [4.78, 5) is 24.1. The van der Waals surface area contributed by atoms with E-state index in [2.05, 4.69) is 5.32 Å². The van der Waals surface area contributed by atoms with Crippen molar-refractivity contribution in [2.75, 3.05) is 19.5 Å². The maximum atomic E-state index is 12.4. The summed E-state index contributed by atoms with van der Waals surface area (Å²) in [6.07, 6.45) is 0. The Morgan fingerprint density at radius 3 is 2.32 bits per heavy atom. The maximum Gasteiger partial charge on any atom is 0.338 e. The van der Waals surface area contributed by atoms with Crippen LogP contribution in [-0.4, -0.2) is 26.1 Å². The normalized spacial score (nSPS) is 9.95. The van der Waals surface area contributed by atoms with Crippen molar-refractivity contribution in [2.24, 2.45) is 0 Å². The van der Waals surface area contributed by atoms with E-state index in [1.807, 2.05) is 0 Å². The fourth-order valence-electron chi connectivity index (χ4n) is 2.12. The van der Waals surface area contributed by atoms with E-state index < -0.39 is 5.97 Å². The van der Waals surface area contributed by atoms with Crippen molar-refractivity contribution in [3.05, 3.63) is 59.2 Å². The van der Waals surface area contributed by atoms with Crippen molar-refractivity contribution < 1.29 is 19.1 Å². The number of carbonyl (C=O) groups is 2. The molecule has 0 aromatic heterocycles. The SMILES string of the molecule is COC(=O)c1cccc(NC(=O)c2ccccc2OC)c1C. The zero-order valence-electron chi connectivity index (χ0n) is 12.7. The summed E-state index contributed by atoms with van der Waals surface area (Å²) in [6, 6.07) is 12.0. The van der Waals surface area contributed by atoms with E-state index in [4.69, 9.17) is 9.47 Å². The van der Waals surface area contributed by atoms with Crippen LogP contribution in [0.5, 0.6) is 5.75 Å². The number of anilines is 1. The van der Waals surface area contributed by atoms with Crippen LogP contribution >= 0.6 is 0 Å². The lowest BCUT2D eigenvalue weighted by Gasteiger charge is -2.12. The Morgan fingerprint density at radius 1 is 0.955 bits per heavy atom. The van der Waals surface area contributed by atoms with Crippen LogP contribution in [0.3, 0.4) is 0 Å². The summed E-state index contributed by atoms with van der Waals surface area (Å²) in [5.41, 5.74) is 2.05. The molecule has 0 spiro atoms. The van der Waals surface area contributed by atoms with Gasteiger partial charge in [-0.05, 0) is 36.8 Å². The Kier molecular flexibility index (Phi) is 4.78. The molecule has 0 aliphatic heterocycles. The first kappa shape index (κ1) is 15.6. The van der Waals surface area contributed by atoms with Crippen molar-refractivity contribution in [3.63, 3.8) is 0 Å². The van der Waals surface area contributed by atoms with E-state index in [-0.39, 0.29) is 5.91 Å². The van der Waals surface area contributed by atoms with Crippen LogP contribution < -0.4 is 10.1 Å². The van der Waals surface area contributed by atoms with E-state index in [1.165, 1.54) is 14.2 Å². The Balaban J connectivity index is 2.31. The molecule has 1 amide bonds. The highest BCUT2D eigenvalue weighted by Crippen LogP contribution is 2.23. The number of rotatable bonds is 4. The standard InChI is InChI=1S/C17H17NO4/c1-11-12(17(20)22-3)8-6-9-14(11)18-16(19)13-7-4-5-10-15(13)21-2/h4-10H,1-3H3,(H,18,19). The van der Waals surface area contributed by atoms with Gasteiger partial charge in [-0.25, -0.2) is 4.79 Å². The van der Waals surface area contributed by atoms with Crippen molar-refractivity contribution in [1.29, 1.82) is 0 Å². The monoisotopic (exact) mass is 299 g/mol. The van der Waals surface area contributed by atoms with Crippen LogP contribution in [0.4, 0.5) is 5.69 Å². The zero-order valence-corrected chi connectivity index (χ0v) is 12.7. The lowest BCUT2D eigenvalue weighted by atomic mass is 10.1. The third-order valence-corrected chi connectivity index (χ3v) is 3.34. The summed E-state index contributed by atoms with van der Waals surface area (Å²) >= 11 is 0. The molecule has 0 radical (unpaired) electrons. The molecular formula is C17H17NO4. The molecule has 0 heterocycles. The first-order valence-corrected chi connectivity index (χ1v) is 6.70. The summed E-state index contributed by atoms with van der Waals surface area (Å²) in [5.74, 6) is -0.254. The largest absolute Gasteiger partial charge is 0.496 e. The highest BCUT2D eigenvalue weighted by molar-refractivity contribution is 6.07. The second-order valence-corrected chi connectivity index (χ2v) is 4.62. The number of hydrogen-bond acceptors (Lipinski definition) is 4. The quantitative estimate of drug-likeness (QED) is 0.881. The van der Waals surface area contributed by atoms with Gasteiger partial charge in [0.15, 0.2) is 0 Å². The predicted molar refractivity (Wildman–Crippen MR) is 83.5 cm³/mol. The van der Waals surface area contributed by atoms with Crippen LogP contribution in [0.2, 0.25) is 0 Å². The minimum atomic E-state index is -0.439. The molecule has 1 N–H and O–H groups in total. The van der Waals surface area contributed by atoms with Crippen LogP contribution in [0.15, 0.2) is 42.5 Å². The molecule has 0 unspecified atom stereocenters. The average molecular weight is 299 g/mol. The maximum absolute atomic E-state index is 12.4. The first-order valence-electron chi connectivity index (χ1n) is 6.70. The second kappa shape index (κ2) is 6.76. The number of nitrogens with one attached hydrogen (secondary N) is 1. The molecule has 0 saturated carbocycles. The highest BCUT2D eigenvalue weighted by atomic mass is 16.5. The molecule has 0 saturated heterocycles. The van der Waals surface area contributed by atoms with Gasteiger partial charge >= 0.3 is 5.97 Å². The lowest BCUT2D eigenvalue weighted by Crippen LogP contribution is -2.15. The van der Waals surface area contributed by atoms with Gasteiger partial charge in [0, 0.05) is 5.69 Å². The van der Waals surface area contributed by atoms with Gasteiger partial charge in [0.05, 0.1) is 25.3 Å². The number of para-hydroxylation sites is 1. The minimum absolute atomic E-state index is 0.303. The van der Waals surface area contributed by atoms with Gasteiger partial charge in [-0.15, -0.1) is 0 Å². The first-order chi connectivity index (χ1) is 10.6. The van der Waals surface area contributed by atoms with E-state index in [0.717, 1.165) is 0 Å². The topological polar surface area (TPSA) is 64.6 Å². The van der Waals surface area contributed by atoms with Crippen molar-refractivity contribution >= 4 is 17.6 Å². The molecule has 22 heavy (non-hydrogen) atoms. The number of carbonyl (C=O) groups excluding carboxylic acids is 2. The molecule has 0 fully saturated rings. The van der Waals surface area contributed by atoms with Gasteiger partial charge in [-0.1, -0.05) is 18.2 Å². The molecule has 0 aliphatic rings. The summed E-state index contributed by atoms with van der Waals surface area (Å²) < 4.78 is 9.91. The number of methoxy groups -OCH3 is 2. The molecule has 0 bridgehead atoms. The van der Waals surface area contributed by atoms with Gasteiger partial charge < -0.3 is 14.8 Å². The number of esters is 1. The smallest absolute Gasteiger partial charge is 0.338 e. The summed E-state index contributed by atoms with van der Waals surface area (Å²) in [7, 11) is 2.83. The molecule has 5 heteroatoms. The van der Waals surface area contributed by atoms with Gasteiger partial charge in [0.25, 0.3) is 5.91 Å². The minimum Gasteiger partial charge on any atom is -0.496 e. The van der Waals surface area contributed by atoms with Gasteiger partial charge in [-0.3, -0.25) is 4.79 Å². The molecule has 2 aromatic carbocycles.